The molecule has 0 bridgehead atoms. The predicted octanol–water partition coefficient (Wildman–Crippen LogP) is 1.97. The van der Waals surface area contributed by atoms with Gasteiger partial charge >= 0.3 is 0 Å². The summed E-state index contributed by atoms with van der Waals surface area (Å²) in [6, 6.07) is 6.13. The Bertz CT molecular complexity index is 603. The van der Waals surface area contributed by atoms with Crippen LogP contribution in [0.2, 0.25) is 0 Å². The first-order valence-corrected chi connectivity index (χ1v) is 6.95. The van der Waals surface area contributed by atoms with Gasteiger partial charge < -0.3 is 10.5 Å². The van der Waals surface area contributed by atoms with E-state index in [1.807, 2.05) is 36.7 Å². The molecule has 1 aliphatic rings. The van der Waals surface area contributed by atoms with Gasteiger partial charge in [0, 0.05) is 17.9 Å². The minimum absolute atomic E-state index is 0.327. The lowest BCUT2D eigenvalue weighted by Gasteiger charge is -2.34. The molecule has 0 unspecified atom stereocenters. The molecule has 0 atom stereocenters. The first-order chi connectivity index (χ1) is 9.69. The highest BCUT2D eigenvalue weighted by Gasteiger charge is 2.33. The Labute approximate surface area is 117 Å². The van der Waals surface area contributed by atoms with E-state index in [2.05, 4.69) is 15.5 Å². The first-order valence-electron chi connectivity index (χ1n) is 6.95. The number of rotatable bonds is 4. The third-order valence-corrected chi connectivity index (χ3v) is 3.80. The lowest BCUT2D eigenvalue weighted by molar-refractivity contribution is -0.0227. The molecule has 0 spiro atoms. The third kappa shape index (κ3) is 2.27. The van der Waals surface area contributed by atoms with Crippen LogP contribution in [0.5, 0.6) is 0 Å². The van der Waals surface area contributed by atoms with E-state index >= 15 is 0 Å². The maximum atomic E-state index is 5.79. The van der Waals surface area contributed by atoms with E-state index in [0.717, 1.165) is 42.1 Å². The SMILES string of the molecule is CCOC1CC(n2nnnc2-c2ccc(N)cc2C)C1. The van der Waals surface area contributed by atoms with Crippen molar-refractivity contribution in [2.75, 3.05) is 12.3 Å². The Morgan fingerprint density at radius 3 is 2.90 bits per heavy atom. The smallest absolute Gasteiger partial charge is 0.182 e. The summed E-state index contributed by atoms with van der Waals surface area (Å²) in [7, 11) is 0. The van der Waals surface area contributed by atoms with E-state index in [1.54, 1.807) is 0 Å². The van der Waals surface area contributed by atoms with Gasteiger partial charge in [0.05, 0.1) is 12.1 Å². The maximum absolute atomic E-state index is 5.79. The zero-order chi connectivity index (χ0) is 14.1. The fourth-order valence-corrected chi connectivity index (χ4v) is 2.66. The van der Waals surface area contributed by atoms with Crippen LogP contribution < -0.4 is 5.73 Å². The van der Waals surface area contributed by atoms with Crippen LogP contribution in [-0.4, -0.2) is 32.9 Å². The summed E-state index contributed by atoms with van der Waals surface area (Å²) in [6.45, 7) is 4.80. The van der Waals surface area contributed by atoms with Crippen LogP contribution in [0.1, 0.15) is 31.4 Å². The largest absolute Gasteiger partial charge is 0.399 e. The van der Waals surface area contributed by atoms with Crippen molar-refractivity contribution in [3.8, 4) is 11.4 Å². The lowest BCUT2D eigenvalue weighted by Crippen LogP contribution is -2.34. The molecule has 20 heavy (non-hydrogen) atoms. The number of benzene rings is 1. The molecule has 6 nitrogen and oxygen atoms in total. The van der Waals surface area contributed by atoms with Crippen LogP contribution in [0.3, 0.4) is 0 Å². The molecular weight excluding hydrogens is 254 g/mol. The monoisotopic (exact) mass is 273 g/mol. The van der Waals surface area contributed by atoms with Crippen molar-refractivity contribution >= 4 is 5.69 Å². The average molecular weight is 273 g/mol. The van der Waals surface area contributed by atoms with Crippen LogP contribution in [0.4, 0.5) is 5.69 Å². The standard InChI is InChI=1S/C14H19N5O/c1-3-20-12-7-11(8-12)19-14(16-17-18-19)13-5-4-10(15)6-9(13)2/h4-6,11-12H,3,7-8,15H2,1-2H3. The van der Waals surface area contributed by atoms with E-state index in [1.165, 1.54) is 0 Å². The molecule has 6 heteroatoms. The Balaban J connectivity index is 1.84. The summed E-state index contributed by atoms with van der Waals surface area (Å²) in [6.07, 6.45) is 2.29. The molecule has 1 heterocycles. The van der Waals surface area contributed by atoms with E-state index in [4.69, 9.17) is 10.5 Å². The summed E-state index contributed by atoms with van der Waals surface area (Å²) >= 11 is 0. The number of nitrogens with zero attached hydrogens (tertiary/aromatic N) is 4. The molecule has 0 aliphatic heterocycles. The second-order valence-corrected chi connectivity index (χ2v) is 5.22. The zero-order valence-electron chi connectivity index (χ0n) is 11.8. The normalized spacial score (nSPS) is 21.7. The van der Waals surface area contributed by atoms with E-state index in [9.17, 15) is 0 Å². The number of nitrogen functional groups attached to an aromatic ring is 1. The van der Waals surface area contributed by atoms with Crippen LogP contribution in [0.15, 0.2) is 18.2 Å². The lowest BCUT2D eigenvalue weighted by atomic mass is 9.89. The fraction of sp³-hybridized carbons (Fsp3) is 0.500. The molecular formula is C14H19N5O. The predicted molar refractivity (Wildman–Crippen MR) is 76.1 cm³/mol. The molecule has 2 aromatic rings. The summed E-state index contributed by atoms with van der Waals surface area (Å²) in [5.74, 6) is 0.808. The molecule has 1 saturated carbocycles. The summed E-state index contributed by atoms with van der Waals surface area (Å²) in [4.78, 5) is 0. The van der Waals surface area contributed by atoms with Crippen molar-refractivity contribution in [3.63, 3.8) is 0 Å². The van der Waals surface area contributed by atoms with Gasteiger partial charge in [-0.05, 0) is 60.9 Å². The minimum atomic E-state index is 0.327. The molecule has 3 rings (SSSR count). The molecule has 0 radical (unpaired) electrons. The second kappa shape index (κ2) is 5.20. The number of hydrogen-bond acceptors (Lipinski definition) is 5. The first kappa shape index (κ1) is 13.1. The van der Waals surface area contributed by atoms with Gasteiger partial charge in [0.15, 0.2) is 5.82 Å². The van der Waals surface area contributed by atoms with Crippen molar-refractivity contribution in [1.29, 1.82) is 0 Å². The highest BCUT2D eigenvalue weighted by Crippen LogP contribution is 2.36. The van der Waals surface area contributed by atoms with Crippen molar-refractivity contribution < 1.29 is 4.74 Å². The summed E-state index contributed by atoms with van der Waals surface area (Å²) in [5, 5.41) is 12.1. The summed E-state index contributed by atoms with van der Waals surface area (Å²) < 4.78 is 7.50. The third-order valence-electron chi connectivity index (χ3n) is 3.80. The van der Waals surface area contributed by atoms with Crippen molar-refractivity contribution in [2.45, 2.75) is 38.8 Å². The number of aromatic nitrogens is 4. The fourth-order valence-electron chi connectivity index (χ4n) is 2.66. The van der Waals surface area contributed by atoms with E-state index in [0.29, 0.717) is 12.1 Å². The number of anilines is 1. The summed E-state index contributed by atoms with van der Waals surface area (Å²) in [5.41, 5.74) is 8.66. The molecule has 1 aromatic heterocycles. The van der Waals surface area contributed by atoms with Gasteiger partial charge in [0.2, 0.25) is 0 Å². The zero-order valence-corrected chi connectivity index (χ0v) is 11.8. The topological polar surface area (TPSA) is 78.8 Å². The Morgan fingerprint density at radius 2 is 2.20 bits per heavy atom. The Hall–Kier alpha value is -1.95. The molecule has 0 amide bonds. The molecule has 1 fully saturated rings. The maximum Gasteiger partial charge on any atom is 0.182 e. The van der Waals surface area contributed by atoms with Gasteiger partial charge in [-0.1, -0.05) is 0 Å². The molecule has 1 aliphatic carbocycles. The van der Waals surface area contributed by atoms with E-state index in [-0.39, 0.29) is 0 Å². The second-order valence-electron chi connectivity index (χ2n) is 5.22. The number of nitrogens with two attached hydrogens (primary N) is 1. The van der Waals surface area contributed by atoms with Crippen LogP contribution >= 0.6 is 0 Å². The number of hydrogen-bond donors (Lipinski definition) is 1. The number of ether oxygens (including phenoxy) is 1. The molecule has 106 valence electrons. The molecule has 0 saturated heterocycles. The Kier molecular flexibility index (Phi) is 3.40. The van der Waals surface area contributed by atoms with Gasteiger partial charge in [-0.2, -0.15) is 0 Å². The highest BCUT2D eigenvalue weighted by atomic mass is 16.5. The van der Waals surface area contributed by atoms with Crippen LogP contribution in [0, 0.1) is 6.92 Å². The van der Waals surface area contributed by atoms with Crippen molar-refractivity contribution in [3.05, 3.63) is 23.8 Å². The van der Waals surface area contributed by atoms with Gasteiger partial charge in [-0.15, -0.1) is 5.10 Å². The van der Waals surface area contributed by atoms with E-state index < -0.39 is 0 Å². The molecule has 2 N–H and O–H groups in total. The van der Waals surface area contributed by atoms with Crippen molar-refractivity contribution in [1.82, 2.24) is 20.2 Å². The quantitative estimate of drug-likeness (QED) is 0.862. The van der Waals surface area contributed by atoms with Crippen LogP contribution in [-0.2, 0) is 4.74 Å². The molecule has 1 aromatic carbocycles. The number of tetrazole rings is 1. The van der Waals surface area contributed by atoms with Gasteiger partial charge in [0.25, 0.3) is 0 Å². The van der Waals surface area contributed by atoms with Crippen molar-refractivity contribution in [2.24, 2.45) is 0 Å². The number of aryl methyl sites for hydroxylation is 1. The van der Waals surface area contributed by atoms with Gasteiger partial charge in [-0.25, -0.2) is 4.68 Å². The average Bonchev–Trinajstić information content (AvgIpc) is 2.82. The van der Waals surface area contributed by atoms with Gasteiger partial charge in [0.1, 0.15) is 0 Å². The highest BCUT2D eigenvalue weighted by molar-refractivity contribution is 5.63. The van der Waals surface area contributed by atoms with Gasteiger partial charge in [-0.3, -0.25) is 0 Å². The minimum Gasteiger partial charge on any atom is -0.399 e. The Morgan fingerprint density at radius 1 is 1.40 bits per heavy atom. The van der Waals surface area contributed by atoms with Crippen LogP contribution in [0.25, 0.3) is 11.4 Å².